The molecule has 2 aromatic rings. The summed E-state index contributed by atoms with van der Waals surface area (Å²) in [5, 5.41) is 15.7. The number of amides is 3. The number of ether oxygens (including phenoxy) is 1. The monoisotopic (exact) mass is 541 g/mol. The lowest BCUT2D eigenvalue weighted by Crippen LogP contribution is -2.53. The maximum absolute atomic E-state index is 14.2. The van der Waals surface area contributed by atoms with Crippen LogP contribution < -0.4 is 10.6 Å². The molecular formula is C29H39N3O5S. The minimum Gasteiger partial charge on any atom is -0.508 e. The van der Waals surface area contributed by atoms with Crippen molar-refractivity contribution < 1.29 is 24.2 Å². The third-order valence-electron chi connectivity index (χ3n) is 6.42. The number of alkyl carbamates (subject to hydrolysis) is 1. The van der Waals surface area contributed by atoms with E-state index in [1.54, 1.807) is 49.6 Å². The number of carbonyl (C=O) groups is 3. The van der Waals surface area contributed by atoms with Crippen molar-refractivity contribution in [2.45, 2.75) is 71.2 Å². The number of phenols is 1. The number of aromatic hydroxyl groups is 1. The summed E-state index contributed by atoms with van der Waals surface area (Å²) in [5.74, 6) is 0.205. The Balaban J connectivity index is 2.00. The van der Waals surface area contributed by atoms with Gasteiger partial charge in [0.2, 0.25) is 5.91 Å². The SMILES string of the molecule is CSCCC(NC(=O)OC(C)(C)C)C(=O)N(C(C(=O)Nc1ccccc1C)c1ccc(O)cc1)C1CC1C. The smallest absolute Gasteiger partial charge is 0.408 e. The number of carbonyl (C=O) groups excluding carboxylic acids is 3. The number of phenolic OH excluding ortho intramolecular Hbond substituents is 1. The molecule has 0 bridgehead atoms. The Kier molecular flexibility index (Phi) is 9.71. The Morgan fingerprint density at radius 3 is 2.32 bits per heavy atom. The molecule has 1 fully saturated rings. The van der Waals surface area contributed by atoms with Crippen molar-refractivity contribution >= 4 is 35.4 Å². The second-order valence-electron chi connectivity index (χ2n) is 10.8. The van der Waals surface area contributed by atoms with Crippen molar-refractivity contribution in [2.24, 2.45) is 5.92 Å². The predicted octanol–water partition coefficient (Wildman–Crippen LogP) is 5.26. The van der Waals surface area contributed by atoms with E-state index in [0.717, 1.165) is 12.0 Å². The van der Waals surface area contributed by atoms with E-state index in [1.807, 2.05) is 44.4 Å². The van der Waals surface area contributed by atoms with Crippen LogP contribution in [-0.2, 0) is 14.3 Å². The number of hydrogen-bond donors (Lipinski definition) is 3. The molecule has 206 valence electrons. The zero-order valence-electron chi connectivity index (χ0n) is 23.0. The fourth-order valence-electron chi connectivity index (χ4n) is 4.30. The van der Waals surface area contributed by atoms with E-state index in [2.05, 4.69) is 10.6 Å². The molecule has 4 unspecified atom stereocenters. The van der Waals surface area contributed by atoms with Gasteiger partial charge in [-0.25, -0.2) is 4.79 Å². The molecule has 0 aromatic heterocycles. The molecule has 2 aromatic carbocycles. The average molecular weight is 542 g/mol. The van der Waals surface area contributed by atoms with Crippen molar-refractivity contribution in [2.75, 3.05) is 17.3 Å². The van der Waals surface area contributed by atoms with Crippen molar-refractivity contribution in [3.8, 4) is 5.75 Å². The van der Waals surface area contributed by atoms with Gasteiger partial charge in [0.1, 0.15) is 23.4 Å². The van der Waals surface area contributed by atoms with Crippen LogP contribution in [0.3, 0.4) is 0 Å². The Morgan fingerprint density at radius 1 is 1.13 bits per heavy atom. The van der Waals surface area contributed by atoms with Gasteiger partial charge in [-0.1, -0.05) is 37.3 Å². The maximum Gasteiger partial charge on any atom is 0.408 e. The van der Waals surface area contributed by atoms with Crippen LogP contribution in [0.4, 0.5) is 10.5 Å². The molecule has 0 radical (unpaired) electrons. The number of benzene rings is 2. The number of rotatable bonds is 10. The standard InChI is InChI=1S/C29H39N3O5S/c1-18-9-7-8-10-22(18)30-26(34)25(20-11-13-21(33)14-12-20)32(24-17-19(24)2)27(35)23(15-16-38-6)31-28(36)37-29(3,4)5/h7-14,19,23-25,33H,15-17H2,1-6H3,(H,30,34)(H,31,36). The Bertz CT molecular complexity index is 1130. The summed E-state index contributed by atoms with van der Waals surface area (Å²) in [7, 11) is 0. The molecule has 3 amide bonds. The number of hydrogen-bond acceptors (Lipinski definition) is 6. The third-order valence-corrected chi connectivity index (χ3v) is 7.06. The summed E-state index contributed by atoms with van der Waals surface area (Å²) >= 11 is 1.57. The first kappa shape index (κ1) is 29.4. The van der Waals surface area contributed by atoms with E-state index in [-0.39, 0.29) is 29.5 Å². The van der Waals surface area contributed by atoms with Crippen LogP contribution in [0, 0.1) is 12.8 Å². The lowest BCUT2D eigenvalue weighted by Gasteiger charge is -2.35. The van der Waals surface area contributed by atoms with Crippen LogP contribution in [0.25, 0.3) is 0 Å². The largest absolute Gasteiger partial charge is 0.508 e. The highest BCUT2D eigenvalue weighted by Crippen LogP contribution is 2.41. The molecule has 8 nitrogen and oxygen atoms in total. The van der Waals surface area contributed by atoms with Crippen LogP contribution in [0.5, 0.6) is 5.75 Å². The molecule has 0 aliphatic heterocycles. The van der Waals surface area contributed by atoms with E-state index in [1.165, 1.54) is 12.1 Å². The zero-order valence-corrected chi connectivity index (χ0v) is 23.8. The number of anilines is 1. The van der Waals surface area contributed by atoms with E-state index < -0.39 is 23.8 Å². The number of nitrogens with zero attached hydrogens (tertiary/aromatic N) is 1. The van der Waals surface area contributed by atoms with E-state index in [4.69, 9.17) is 4.74 Å². The highest BCUT2D eigenvalue weighted by atomic mass is 32.2. The molecule has 4 atom stereocenters. The number of nitrogens with one attached hydrogen (secondary N) is 2. The summed E-state index contributed by atoms with van der Waals surface area (Å²) < 4.78 is 5.44. The van der Waals surface area contributed by atoms with Gasteiger partial charge < -0.3 is 25.4 Å². The predicted molar refractivity (Wildman–Crippen MR) is 151 cm³/mol. The number of para-hydroxylation sites is 1. The molecule has 9 heteroatoms. The molecular weight excluding hydrogens is 502 g/mol. The molecule has 0 spiro atoms. The van der Waals surface area contributed by atoms with Gasteiger partial charge in [0, 0.05) is 11.7 Å². The summed E-state index contributed by atoms with van der Waals surface area (Å²) in [6.07, 6.45) is 2.40. The maximum atomic E-state index is 14.2. The van der Waals surface area contributed by atoms with Gasteiger partial charge in [0.15, 0.2) is 0 Å². The fraction of sp³-hybridized carbons (Fsp3) is 0.483. The van der Waals surface area contributed by atoms with Crippen molar-refractivity contribution in [3.05, 3.63) is 59.7 Å². The average Bonchev–Trinajstić information content (AvgIpc) is 3.56. The Morgan fingerprint density at radius 2 is 1.76 bits per heavy atom. The first-order valence-electron chi connectivity index (χ1n) is 12.9. The van der Waals surface area contributed by atoms with Crippen LogP contribution in [0.15, 0.2) is 48.5 Å². The van der Waals surface area contributed by atoms with Gasteiger partial charge >= 0.3 is 6.09 Å². The van der Waals surface area contributed by atoms with Gasteiger partial charge in [0.25, 0.3) is 5.91 Å². The van der Waals surface area contributed by atoms with Crippen LogP contribution in [0.1, 0.15) is 57.7 Å². The van der Waals surface area contributed by atoms with Crippen LogP contribution in [0.2, 0.25) is 0 Å². The number of thioether (sulfide) groups is 1. The molecule has 0 heterocycles. The normalized spacial score (nSPS) is 18.2. The van der Waals surface area contributed by atoms with Crippen LogP contribution in [-0.4, -0.2) is 57.6 Å². The molecule has 1 aliphatic rings. The quantitative estimate of drug-likeness (QED) is 0.379. The van der Waals surface area contributed by atoms with E-state index in [9.17, 15) is 19.5 Å². The lowest BCUT2D eigenvalue weighted by atomic mass is 10.0. The summed E-state index contributed by atoms with van der Waals surface area (Å²) in [5.41, 5.74) is 1.40. The molecule has 1 aliphatic carbocycles. The molecule has 3 rings (SSSR count). The molecule has 1 saturated carbocycles. The van der Waals surface area contributed by atoms with Crippen LogP contribution >= 0.6 is 11.8 Å². The van der Waals surface area contributed by atoms with Gasteiger partial charge in [-0.2, -0.15) is 11.8 Å². The number of aryl methyl sites for hydroxylation is 1. The van der Waals surface area contributed by atoms with Crippen molar-refractivity contribution in [1.29, 1.82) is 0 Å². The zero-order chi connectivity index (χ0) is 28.0. The fourth-order valence-corrected chi connectivity index (χ4v) is 4.78. The van der Waals surface area contributed by atoms with E-state index >= 15 is 0 Å². The third kappa shape index (κ3) is 7.90. The summed E-state index contributed by atoms with van der Waals surface area (Å²) in [6, 6.07) is 11.8. The second-order valence-corrected chi connectivity index (χ2v) is 11.8. The molecule has 3 N–H and O–H groups in total. The summed E-state index contributed by atoms with van der Waals surface area (Å²) in [4.78, 5) is 42.4. The Hall–Kier alpha value is -3.20. The first-order valence-corrected chi connectivity index (χ1v) is 14.3. The van der Waals surface area contributed by atoms with Gasteiger partial charge in [-0.15, -0.1) is 0 Å². The highest BCUT2D eigenvalue weighted by molar-refractivity contribution is 7.98. The van der Waals surface area contributed by atoms with E-state index in [0.29, 0.717) is 23.4 Å². The second kappa shape index (κ2) is 12.6. The first-order chi connectivity index (χ1) is 17.9. The van der Waals surface area contributed by atoms with Crippen molar-refractivity contribution in [1.82, 2.24) is 10.2 Å². The van der Waals surface area contributed by atoms with Gasteiger partial charge in [-0.3, -0.25) is 9.59 Å². The molecule has 38 heavy (non-hydrogen) atoms. The Labute approximate surface area is 229 Å². The van der Waals surface area contributed by atoms with Crippen molar-refractivity contribution in [3.63, 3.8) is 0 Å². The molecule has 0 saturated heterocycles. The minimum absolute atomic E-state index is 0.0638. The lowest BCUT2D eigenvalue weighted by molar-refractivity contribution is -0.141. The topological polar surface area (TPSA) is 108 Å². The van der Waals surface area contributed by atoms with Gasteiger partial charge in [0.05, 0.1) is 0 Å². The summed E-state index contributed by atoms with van der Waals surface area (Å²) in [6.45, 7) is 9.23. The highest BCUT2D eigenvalue weighted by Gasteiger charge is 2.48. The van der Waals surface area contributed by atoms with Gasteiger partial charge in [-0.05, 0) is 87.8 Å². The minimum atomic E-state index is -0.963.